The number of hydrogen-bond donors (Lipinski definition) is 3. The topological polar surface area (TPSA) is 97.5 Å². The molecule has 3 aromatic rings. The highest BCUT2D eigenvalue weighted by atomic mass is 32.2. The molecule has 1 aliphatic rings. The SMILES string of the molecule is CNS(=O)(=O)Cc1ccc2[nH]cc(CCCN3CCN(CCc4ccc(NC(C)=O)cc4)CC3)c2c1. The Morgan fingerprint density at radius 2 is 1.61 bits per heavy atom. The van der Waals surface area contributed by atoms with Crippen LogP contribution in [0, 0.1) is 0 Å². The van der Waals surface area contributed by atoms with Gasteiger partial charge in [-0.2, -0.15) is 0 Å². The summed E-state index contributed by atoms with van der Waals surface area (Å²) in [7, 11) is -1.83. The molecule has 0 bridgehead atoms. The number of aromatic nitrogens is 1. The number of carbonyl (C=O) groups is 1. The molecule has 36 heavy (non-hydrogen) atoms. The first-order valence-corrected chi connectivity index (χ1v) is 14.3. The van der Waals surface area contributed by atoms with Gasteiger partial charge >= 0.3 is 0 Å². The van der Waals surface area contributed by atoms with Gasteiger partial charge in [0.2, 0.25) is 15.9 Å². The van der Waals surface area contributed by atoms with E-state index >= 15 is 0 Å². The maximum Gasteiger partial charge on any atom is 0.221 e. The third-order valence-corrected chi connectivity index (χ3v) is 8.21. The van der Waals surface area contributed by atoms with Crippen LogP contribution in [-0.4, -0.2) is 75.4 Å². The Morgan fingerprint density at radius 1 is 0.944 bits per heavy atom. The van der Waals surface area contributed by atoms with E-state index in [-0.39, 0.29) is 11.7 Å². The first kappa shape index (κ1) is 26.3. The third kappa shape index (κ3) is 7.39. The van der Waals surface area contributed by atoms with Crippen LogP contribution in [0.25, 0.3) is 10.9 Å². The molecule has 0 aliphatic carbocycles. The maximum atomic E-state index is 11.9. The Bertz CT molecular complexity index is 1260. The van der Waals surface area contributed by atoms with Crippen LogP contribution >= 0.6 is 0 Å². The number of sulfonamides is 1. The average Bonchev–Trinajstić information content (AvgIpc) is 3.26. The number of nitrogens with one attached hydrogen (secondary N) is 3. The molecule has 0 unspecified atom stereocenters. The second kappa shape index (κ2) is 12.0. The lowest BCUT2D eigenvalue weighted by molar-refractivity contribution is -0.114. The van der Waals surface area contributed by atoms with E-state index in [2.05, 4.69) is 43.2 Å². The molecule has 1 fully saturated rings. The number of nitrogens with zero attached hydrogens (tertiary/aromatic N) is 2. The molecule has 4 rings (SSSR count). The van der Waals surface area contributed by atoms with Crippen LogP contribution < -0.4 is 10.0 Å². The highest BCUT2D eigenvalue weighted by molar-refractivity contribution is 7.88. The van der Waals surface area contributed by atoms with Crippen molar-refractivity contribution in [2.75, 3.05) is 51.6 Å². The van der Waals surface area contributed by atoms with Crippen LogP contribution in [-0.2, 0) is 33.4 Å². The molecule has 0 spiro atoms. The quantitative estimate of drug-likeness (QED) is 0.368. The number of H-pyrrole nitrogens is 1. The number of piperazine rings is 1. The van der Waals surface area contributed by atoms with Gasteiger partial charge < -0.3 is 20.1 Å². The van der Waals surface area contributed by atoms with Crippen LogP contribution in [0.5, 0.6) is 0 Å². The summed E-state index contributed by atoms with van der Waals surface area (Å²) in [6, 6.07) is 14.0. The van der Waals surface area contributed by atoms with Gasteiger partial charge in [-0.25, -0.2) is 13.1 Å². The number of aromatic amines is 1. The predicted octanol–water partition coefficient (Wildman–Crippen LogP) is 2.97. The van der Waals surface area contributed by atoms with Crippen LogP contribution in [0.2, 0.25) is 0 Å². The average molecular weight is 512 g/mol. The zero-order valence-electron chi connectivity index (χ0n) is 21.2. The summed E-state index contributed by atoms with van der Waals surface area (Å²) in [5, 5.41) is 3.93. The number of rotatable bonds is 11. The molecule has 2 heterocycles. The van der Waals surface area contributed by atoms with Gasteiger partial charge in [0.1, 0.15) is 0 Å². The summed E-state index contributed by atoms with van der Waals surface area (Å²) in [6.07, 6.45) is 5.11. The number of anilines is 1. The van der Waals surface area contributed by atoms with E-state index in [0.717, 1.165) is 80.7 Å². The van der Waals surface area contributed by atoms with Crippen molar-refractivity contribution in [3.63, 3.8) is 0 Å². The lowest BCUT2D eigenvalue weighted by atomic mass is 10.1. The van der Waals surface area contributed by atoms with Gasteiger partial charge in [-0.1, -0.05) is 18.2 Å². The summed E-state index contributed by atoms with van der Waals surface area (Å²) >= 11 is 0. The van der Waals surface area contributed by atoms with E-state index in [1.54, 1.807) is 0 Å². The molecule has 0 atom stereocenters. The van der Waals surface area contributed by atoms with Crippen molar-refractivity contribution in [2.45, 2.75) is 31.9 Å². The largest absolute Gasteiger partial charge is 0.361 e. The number of benzene rings is 2. The van der Waals surface area contributed by atoms with Gasteiger partial charge in [0.15, 0.2) is 0 Å². The number of aryl methyl sites for hydroxylation is 1. The fourth-order valence-corrected chi connectivity index (χ4v) is 5.55. The Hall–Kier alpha value is -2.72. The summed E-state index contributed by atoms with van der Waals surface area (Å²) < 4.78 is 26.2. The number of carbonyl (C=O) groups excluding carboxylic acids is 1. The third-order valence-electron chi connectivity index (χ3n) is 6.88. The van der Waals surface area contributed by atoms with Crippen LogP contribution in [0.1, 0.15) is 30.0 Å². The van der Waals surface area contributed by atoms with Gasteiger partial charge in [-0.3, -0.25) is 4.79 Å². The second-order valence-corrected chi connectivity index (χ2v) is 11.5. The van der Waals surface area contributed by atoms with Crippen molar-refractivity contribution in [2.24, 2.45) is 0 Å². The lowest BCUT2D eigenvalue weighted by Gasteiger charge is -2.34. The summed E-state index contributed by atoms with van der Waals surface area (Å²) in [5.41, 5.74) is 5.23. The molecule has 3 N–H and O–H groups in total. The highest BCUT2D eigenvalue weighted by Crippen LogP contribution is 2.22. The molecule has 8 nitrogen and oxygen atoms in total. The maximum absolute atomic E-state index is 11.9. The first-order valence-electron chi connectivity index (χ1n) is 12.6. The van der Waals surface area contributed by atoms with Crippen molar-refractivity contribution in [3.8, 4) is 0 Å². The van der Waals surface area contributed by atoms with Gasteiger partial charge in [0, 0.05) is 62.4 Å². The molecule has 1 amide bonds. The number of fused-ring (bicyclic) bond motifs is 1. The van der Waals surface area contributed by atoms with E-state index in [1.165, 1.54) is 25.1 Å². The normalized spacial score (nSPS) is 15.4. The number of amides is 1. The molecule has 1 aliphatic heterocycles. The molecule has 0 radical (unpaired) electrons. The van der Waals surface area contributed by atoms with Crippen molar-refractivity contribution in [1.29, 1.82) is 0 Å². The minimum absolute atomic E-state index is 0.00325. The molecule has 194 valence electrons. The van der Waals surface area contributed by atoms with Crippen molar-refractivity contribution >= 4 is 32.5 Å². The molecular weight excluding hydrogens is 474 g/mol. The molecule has 1 aromatic heterocycles. The zero-order chi connectivity index (χ0) is 25.5. The van der Waals surface area contributed by atoms with Crippen LogP contribution in [0.4, 0.5) is 5.69 Å². The Balaban J connectivity index is 1.19. The molecule has 0 saturated carbocycles. The van der Waals surface area contributed by atoms with E-state index < -0.39 is 10.0 Å². The predicted molar refractivity (Wildman–Crippen MR) is 146 cm³/mol. The zero-order valence-corrected chi connectivity index (χ0v) is 22.0. The first-order chi connectivity index (χ1) is 17.3. The lowest BCUT2D eigenvalue weighted by Crippen LogP contribution is -2.47. The highest BCUT2D eigenvalue weighted by Gasteiger charge is 2.17. The van der Waals surface area contributed by atoms with Gasteiger partial charge in [0.25, 0.3) is 0 Å². The van der Waals surface area contributed by atoms with Crippen molar-refractivity contribution in [1.82, 2.24) is 19.5 Å². The number of hydrogen-bond acceptors (Lipinski definition) is 5. The standard InChI is InChI=1S/C27H37N5O3S/c1-21(33)30-25-8-5-22(6-9-25)11-13-32-16-14-31(15-17-32)12-3-4-24-19-29-27-10-7-23(18-26(24)27)20-36(34,35)28-2/h5-10,18-19,28-29H,3-4,11-17,20H2,1-2H3,(H,30,33). The summed E-state index contributed by atoms with van der Waals surface area (Å²) in [4.78, 5) is 19.5. The fourth-order valence-electron chi connectivity index (χ4n) is 4.79. The van der Waals surface area contributed by atoms with Crippen LogP contribution in [0.15, 0.2) is 48.7 Å². The fraction of sp³-hybridized carbons (Fsp3) is 0.444. The summed E-state index contributed by atoms with van der Waals surface area (Å²) in [5.74, 6) is -0.0505. The van der Waals surface area contributed by atoms with E-state index in [9.17, 15) is 13.2 Å². The minimum Gasteiger partial charge on any atom is -0.361 e. The Morgan fingerprint density at radius 3 is 2.28 bits per heavy atom. The molecular formula is C27H37N5O3S. The molecule has 1 saturated heterocycles. The van der Waals surface area contributed by atoms with Gasteiger partial charge in [0.05, 0.1) is 5.75 Å². The van der Waals surface area contributed by atoms with E-state index in [0.29, 0.717) is 0 Å². The monoisotopic (exact) mass is 511 g/mol. The Kier molecular flexibility index (Phi) is 8.79. The van der Waals surface area contributed by atoms with Crippen LogP contribution in [0.3, 0.4) is 0 Å². The van der Waals surface area contributed by atoms with Gasteiger partial charge in [-0.15, -0.1) is 0 Å². The molecule has 2 aromatic carbocycles. The molecule has 9 heteroatoms. The van der Waals surface area contributed by atoms with Crippen molar-refractivity contribution < 1.29 is 13.2 Å². The van der Waals surface area contributed by atoms with Crippen molar-refractivity contribution in [3.05, 3.63) is 65.4 Å². The second-order valence-electron chi connectivity index (χ2n) is 9.57. The summed E-state index contributed by atoms with van der Waals surface area (Å²) in [6.45, 7) is 7.98. The Labute approximate surface area is 214 Å². The smallest absolute Gasteiger partial charge is 0.221 e. The van der Waals surface area contributed by atoms with E-state index in [4.69, 9.17) is 0 Å². The van der Waals surface area contributed by atoms with E-state index in [1.807, 2.05) is 30.3 Å². The van der Waals surface area contributed by atoms with Gasteiger partial charge in [-0.05, 0) is 73.8 Å². The minimum atomic E-state index is -3.28.